The molecule has 2 aromatic carbocycles. The summed E-state index contributed by atoms with van der Waals surface area (Å²) >= 11 is 0. The van der Waals surface area contributed by atoms with Crippen LogP contribution in [0, 0.1) is 13.8 Å². The summed E-state index contributed by atoms with van der Waals surface area (Å²) in [4.78, 5) is 24.2. The zero-order valence-corrected chi connectivity index (χ0v) is 14.2. The van der Waals surface area contributed by atoms with Crippen molar-refractivity contribution in [2.24, 2.45) is 0 Å². The molecule has 3 rings (SSSR count). The van der Waals surface area contributed by atoms with E-state index in [1.807, 2.05) is 50.2 Å². The van der Waals surface area contributed by atoms with Crippen molar-refractivity contribution in [2.45, 2.75) is 20.4 Å². The van der Waals surface area contributed by atoms with E-state index in [1.54, 1.807) is 18.2 Å². The van der Waals surface area contributed by atoms with E-state index in [1.165, 1.54) is 16.3 Å². The Labute approximate surface area is 145 Å². The monoisotopic (exact) mass is 333 g/mol. The SMILES string of the molecule is Cc1ccc(-c2ccc(=O)n(CC(=O)Nc3ccccc3)n2)cc1C. The van der Waals surface area contributed by atoms with Crippen LogP contribution in [0.3, 0.4) is 0 Å². The second kappa shape index (κ2) is 7.13. The molecule has 0 atom stereocenters. The lowest BCUT2D eigenvalue weighted by Gasteiger charge is -2.09. The zero-order chi connectivity index (χ0) is 17.8. The van der Waals surface area contributed by atoms with Crippen LogP contribution >= 0.6 is 0 Å². The number of anilines is 1. The number of nitrogens with one attached hydrogen (secondary N) is 1. The molecule has 0 spiro atoms. The molecule has 0 saturated carbocycles. The molecule has 25 heavy (non-hydrogen) atoms. The third kappa shape index (κ3) is 4.01. The fourth-order valence-electron chi connectivity index (χ4n) is 2.47. The Hall–Kier alpha value is -3.21. The molecular formula is C20H19N3O2. The lowest BCUT2D eigenvalue weighted by Crippen LogP contribution is -2.29. The van der Waals surface area contributed by atoms with E-state index in [-0.39, 0.29) is 18.0 Å². The highest BCUT2D eigenvalue weighted by atomic mass is 16.2. The number of hydrogen-bond acceptors (Lipinski definition) is 3. The predicted molar refractivity (Wildman–Crippen MR) is 98.5 cm³/mol. The maximum Gasteiger partial charge on any atom is 0.267 e. The number of aryl methyl sites for hydroxylation is 2. The molecule has 1 heterocycles. The van der Waals surface area contributed by atoms with Crippen LogP contribution in [0.1, 0.15) is 11.1 Å². The van der Waals surface area contributed by atoms with Crippen LogP contribution in [0.2, 0.25) is 0 Å². The number of hydrogen-bond donors (Lipinski definition) is 1. The van der Waals surface area contributed by atoms with E-state index in [2.05, 4.69) is 10.4 Å². The summed E-state index contributed by atoms with van der Waals surface area (Å²) < 4.78 is 1.18. The van der Waals surface area contributed by atoms with Gasteiger partial charge in [-0.05, 0) is 49.2 Å². The van der Waals surface area contributed by atoms with Crippen molar-refractivity contribution in [2.75, 3.05) is 5.32 Å². The molecule has 0 saturated heterocycles. The molecule has 3 aromatic rings. The van der Waals surface area contributed by atoms with Crippen molar-refractivity contribution in [1.29, 1.82) is 0 Å². The predicted octanol–water partition coefficient (Wildman–Crippen LogP) is 3.17. The highest BCUT2D eigenvalue weighted by molar-refractivity contribution is 5.90. The van der Waals surface area contributed by atoms with Crippen molar-refractivity contribution in [3.05, 3.63) is 82.1 Å². The van der Waals surface area contributed by atoms with Gasteiger partial charge in [-0.1, -0.05) is 30.3 Å². The van der Waals surface area contributed by atoms with Crippen molar-refractivity contribution in [3.8, 4) is 11.3 Å². The fraction of sp³-hybridized carbons (Fsp3) is 0.150. The Morgan fingerprint density at radius 2 is 1.76 bits per heavy atom. The van der Waals surface area contributed by atoms with Gasteiger partial charge >= 0.3 is 0 Å². The first kappa shape index (κ1) is 16.6. The minimum Gasteiger partial charge on any atom is -0.324 e. The molecule has 5 nitrogen and oxygen atoms in total. The number of para-hydroxylation sites is 1. The number of nitrogens with zero attached hydrogens (tertiary/aromatic N) is 2. The third-order valence-corrected chi connectivity index (χ3v) is 4.02. The molecule has 1 amide bonds. The number of benzene rings is 2. The summed E-state index contributed by atoms with van der Waals surface area (Å²) in [5, 5.41) is 7.09. The van der Waals surface area contributed by atoms with Crippen LogP contribution < -0.4 is 10.9 Å². The van der Waals surface area contributed by atoms with E-state index in [0.29, 0.717) is 11.4 Å². The molecule has 1 N–H and O–H groups in total. The first-order chi connectivity index (χ1) is 12.0. The van der Waals surface area contributed by atoms with E-state index in [9.17, 15) is 9.59 Å². The molecule has 0 fully saturated rings. The van der Waals surface area contributed by atoms with E-state index in [0.717, 1.165) is 11.1 Å². The second-order valence-corrected chi connectivity index (χ2v) is 5.93. The molecule has 0 bridgehead atoms. The maximum absolute atomic E-state index is 12.2. The van der Waals surface area contributed by atoms with Crippen LogP contribution in [-0.4, -0.2) is 15.7 Å². The largest absolute Gasteiger partial charge is 0.324 e. The number of aromatic nitrogens is 2. The summed E-state index contributed by atoms with van der Waals surface area (Å²) in [5.41, 5.74) is 4.30. The molecule has 0 aliphatic rings. The highest BCUT2D eigenvalue weighted by Gasteiger charge is 2.09. The van der Waals surface area contributed by atoms with E-state index < -0.39 is 0 Å². The quantitative estimate of drug-likeness (QED) is 0.797. The van der Waals surface area contributed by atoms with Gasteiger partial charge in [-0.3, -0.25) is 9.59 Å². The highest BCUT2D eigenvalue weighted by Crippen LogP contribution is 2.19. The Balaban J connectivity index is 1.83. The van der Waals surface area contributed by atoms with Crippen LogP contribution in [0.25, 0.3) is 11.3 Å². The summed E-state index contributed by atoms with van der Waals surface area (Å²) in [7, 11) is 0. The Morgan fingerprint density at radius 3 is 2.48 bits per heavy atom. The summed E-state index contributed by atoms with van der Waals surface area (Å²) in [6, 6.07) is 18.2. The molecule has 0 aliphatic heterocycles. The van der Waals surface area contributed by atoms with Gasteiger partial charge in [0.2, 0.25) is 5.91 Å². The fourth-order valence-corrected chi connectivity index (χ4v) is 2.47. The average molecular weight is 333 g/mol. The van der Waals surface area contributed by atoms with Crippen LogP contribution in [0.5, 0.6) is 0 Å². The Morgan fingerprint density at radius 1 is 1.00 bits per heavy atom. The van der Waals surface area contributed by atoms with Gasteiger partial charge in [0.05, 0.1) is 5.69 Å². The van der Waals surface area contributed by atoms with Crippen LogP contribution in [-0.2, 0) is 11.3 Å². The minimum atomic E-state index is -0.309. The van der Waals surface area contributed by atoms with Crippen molar-refractivity contribution in [1.82, 2.24) is 9.78 Å². The van der Waals surface area contributed by atoms with Crippen molar-refractivity contribution >= 4 is 11.6 Å². The summed E-state index contributed by atoms with van der Waals surface area (Å²) in [6.45, 7) is 3.94. The van der Waals surface area contributed by atoms with Crippen LogP contribution in [0.4, 0.5) is 5.69 Å². The van der Waals surface area contributed by atoms with Gasteiger partial charge in [-0.25, -0.2) is 4.68 Å². The topological polar surface area (TPSA) is 64.0 Å². The summed E-state index contributed by atoms with van der Waals surface area (Å²) in [6.07, 6.45) is 0. The van der Waals surface area contributed by atoms with Crippen molar-refractivity contribution < 1.29 is 4.79 Å². The molecule has 0 unspecified atom stereocenters. The first-order valence-corrected chi connectivity index (χ1v) is 8.03. The average Bonchev–Trinajstić information content (AvgIpc) is 2.60. The number of rotatable bonds is 4. The minimum absolute atomic E-state index is 0.133. The lowest BCUT2D eigenvalue weighted by molar-refractivity contribution is -0.117. The van der Waals surface area contributed by atoms with Gasteiger partial charge in [-0.15, -0.1) is 0 Å². The van der Waals surface area contributed by atoms with E-state index in [4.69, 9.17) is 0 Å². The summed E-state index contributed by atoms with van der Waals surface area (Å²) in [5.74, 6) is -0.293. The van der Waals surface area contributed by atoms with Gasteiger partial charge in [0.15, 0.2) is 0 Å². The Bertz CT molecular complexity index is 962. The van der Waals surface area contributed by atoms with Gasteiger partial charge in [0, 0.05) is 17.3 Å². The third-order valence-electron chi connectivity index (χ3n) is 4.02. The molecule has 5 heteroatoms. The number of carbonyl (C=O) groups is 1. The number of carbonyl (C=O) groups excluding carboxylic acids is 1. The van der Waals surface area contributed by atoms with Gasteiger partial charge in [-0.2, -0.15) is 5.10 Å². The lowest BCUT2D eigenvalue weighted by atomic mass is 10.0. The van der Waals surface area contributed by atoms with Gasteiger partial charge in [0.1, 0.15) is 6.54 Å². The standard InChI is InChI=1S/C20H19N3O2/c1-14-8-9-16(12-15(14)2)18-10-11-20(25)23(22-18)13-19(24)21-17-6-4-3-5-7-17/h3-12H,13H2,1-2H3,(H,21,24). The Kier molecular flexibility index (Phi) is 4.75. The van der Waals surface area contributed by atoms with E-state index >= 15 is 0 Å². The first-order valence-electron chi connectivity index (χ1n) is 8.03. The number of amides is 1. The van der Waals surface area contributed by atoms with Gasteiger partial charge < -0.3 is 5.32 Å². The molecule has 126 valence electrons. The molecular weight excluding hydrogens is 314 g/mol. The normalized spacial score (nSPS) is 10.5. The maximum atomic E-state index is 12.2. The molecule has 0 radical (unpaired) electrons. The second-order valence-electron chi connectivity index (χ2n) is 5.93. The zero-order valence-electron chi connectivity index (χ0n) is 14.2. The smallest absolute Gasteiger partial charge is 0.267 e. The van der Waals surface area contributed by atoms with Gasteiger partial charge in [0.25, 0.3) is 5.56 Å². The molecule has 1 aromatic heterocycles. The molecule has 0 aliphatic carbocycles. The van der Waals surface area contributed by atoms with Crippen LogP contribution in [0.15, 0.2) is 65.5 Å². The van der Waals surface area contributed by atoms with Crippen molar-refractivity contribution in [3.63, 3.8) is 0 Å².